The van der Waals surface area contributed by atoms with E-state index in [9.17, 15) is 0 Å². The van der Waals surface area contributed by atoms with Gasteiger partial charge in [0.15, 0.2) is 0 Å². The number of nitrogens with zero attached hydrogens (tertiary/aromatic N) is 1. The van der Waals surface area contributed by atoms with Crippen LogP contribution in [0, 0.1) is 0 Å². The molecule has 20 heavy (non-hydrogen) atoms. The Morgan fingerprint density at radius 3 is 2.70 bits per heavy atom. The molecule has 0 bridgehead atoms. The van der Waals surface area contributed by atoms with Crippen LogP contribution in [0.25, 0.3) is 0 Å². The van der Waals surface area contributed by atoms with Crippen molar-refractivity contribution in [2.24, 2.45) is 0 Å². The fourth-order valence-corrected chi connectivity index (χ4v) is 3.24. The molecule has 2 aromatic rings. The summed E-state index contributed by atoms with van der Waals surface area (Å²) in [4.78, 5) is 2.37. The summed E-state index contributed by atoms with van der Waals surface area (Å²) in [7, 11) is 0. The lowest BCUT2D eigenvalue weighted by atomic mass is 10.1. The molecule has 0 radical (unpaired) electrons. The minimum absolute atomic E-state index is 0.505. The summed E-state index contributed by atoms with van der Waals surface area (Å²) in [6, 6.07) is 14.6. The number of benzene rings is 2. The van der Waals surface area contributed by atoms with Crippen molar-refractivity contribution in [1.29, 1.82) is 0 Å². The normalized spacial score (nSPS) is 14.8. The molecule has 0 spiro atoms. The quantitative estimate of drug-likeness (QED) is 0.657. The first kappa shape index (κ1) is 13.8. The van der Waals surface area contributed by atoms with Crippen molar-refractivity contribution >= 4 is 34.6 Å². The van der Waals surface area contributed by atoms with Gasteiger partial charge in [-0.05, 0) is 48.6 Å². The summed E-state index contributed by atoms with van der Waals surface area (Å²) in [6.07, 6.45) is 3.55. The fourth-order valence-electron chi connectivity index (χ4n) is 2.84. The van der Waals surface area contributed by atoms with Gasteiger partial charge in [-0.3, -0.25) is 0 Å². The molecule has 0 amide bonds. The van der Waals surface area contributed by atoms with Crippen LogP contribution in [0.3, 0.4) is 0 Å². The SMILES string of the molecule is ClCc1ccc(Cl)cc1N1CCCCc2ccccc21. The molecule has 0 aliphatic carbocycles. The van der Waals surface area contributed by atoms with Gasteiger partial charge in [0.2, 0.25) is 0 Å². The average Bonchev–Trinajstić information content (AvgIpc) is 2.69. The van der Waals surface area contributed by atoms with E-state index in [2.05, 4.69) is 29.2 Å². The fraction of sp³-hybridized carbons (Fsp3) is 0.294. The highest BCUT2D eigenvalue weighted by atomic mass is 35.5. The Morgan fingerprint density at radius 1 is 1.00 bits per heavy atom. The summed E-state index contributed by atoms with van der Waals surface area (Å²) < 4.78 is 0. The molecule has 0 fully saturated rings. The van der Waals surface area contributed by atoms with E-state index in [-0.39, 0.29) is 0 Å². The van der Waals surface area contributed by atoms with E-state index in [0.717, 1.165) is 29.2 Å². The number of alkyl halides is 1. The lowest BCUT2D eigenvalue weighted by Crippen LogP contribution is -2.19. The van der Waals surface area contributed by atoms with Crippen LogP contribution in [0.4, 0.5) is 11.4 Å². The zero-order valence-corrected chi connectivity index (χ0v) is 12.8. The molecule has 1 nitrogen and oxygen atoms in total. The third-order valence-corrected chi connectivity index (χ3v) is 4.37. The Morgan fingerprint density at radius 2 is 1.85 bits per heavy atom. The zero-order valence-electron chi connectivity index (χ0n) is 11.3. The smallest absolute Gasteiger partial charge is 0.0494 e. The van der Waals surface area contributed by atoms with E-state index in [1.54, 1.807) is 0 Å². The van der Waals surface area contributed by atoms with Crippen LogP contribution in [0.2, 0.25) is 5.02 Å². The second-order valence-electron chi connectivity index (χ2n) is 5.14. The maximum absolute atomic E-state index is 6.19. The number of halogens is 2. The third kappa shape index (κ3) is 2.65. The number of rotatable bonds is 2. The van der Waals surface area contributed by atoms with Crippen LogP contribution in [-0.2, 0) is 12.3 Å². The molecule has 3 rings (SSSR count). The maximum Gasteiger partial charge on any atom is 0.0494 e. The molecule has 0 aromatic heterocycles. The van der Waals surface area contributed by atoms with Crippen LogP contribution >= 0.6 is 23.2 Å². The minimum atomic E-state index is 0.505. The molecule has 0 saturated heterocycles. The van der Waals surface area contributed by atoms with Crippen molar-refractivity contribution in [3.63, 3.8) is 0 Å². The molecule has 1 aliphatic heterocycles. The number of hydrogen-bond donors (Lipinski definition) is 0. The molecule has 2 aromatic carbocycles. The molecule has 1 heterocycles. The zero-order chi connectivity index (χ0) is 13.9. The van der Waals surface area contributed by atoms with E-state index >= 15 is 0 Å². The van der Waals surface area contributed by atoms with E-state index in [1.165, 1.54) is 24.1 Å². The highest BCUT2D eigenvalue weighted by Crippen LogP contribution is 2.36. The molecule has 0 unspecified atom stereocenters. The average molecular weight is 306 g/mol. The highest BCUT2D eigenvalue weighted by Gasteiger charge is 2.18. The molecule has 0 N–H and O–H groups in total. The molecular weight excluding hydrogens is 289 g/mol. The van der Waals surface area contributed by atoms with Crippen LogP contribution < -0.4 is 4.90 Å². The largest absolute Gasteiger partial charge is 0.341 e. The highest BCUT2D eigenvalue weighted by molar-refractivity contribution is 6.31. The van der Waals surface area contributed by atoms with Crippen LogP contribution in [0.15, 0.2) is 42.5 Å². The van der Waals surface area contributed by atoms with E-state index < -0.39 is 0 Å². The molecule has 0 atom stereocenters. The lowest BCUT2D eigenvalue weighted by Gasteiger charge is -2.27. The number of fused-ring (bicyclic) bond motifs is 1. The number of aryl methyl sites for hydroxylation is 1. The van der Waals surface area contributed by atoms with E-state index in [1.807, 2.05) is 18.2 Å². The summed E-state index contributed by atoms with van der Waals surface area (Å²) in [5, 5.41) is 0.760. The molecular formula is C17H17Cl2N. The topological polar surface area (TPSA) is 3.24 Å². The predicted molar refractivity (Wildman–Crippen MR) is 87.4 cm³/mol. The van der Waals surface area contributed by atoms with Crippen LogP contribution in [-0.4, -0.2) is 6.54 Å². The summed E-state index contributed by atoms with van der Waals surface area (Å²) >= 11 is 12.3. The van der Waals surface area contributed by atoms with Gasteiger partial charge in [0.05, 0.1) is 0 Å². The van der Waals surface area contributed by atoms with Gasteiger partial charge in [-0.25, -0.2) is 0 Å². The van der Waals surface area contributed by atoms with Crippen molar-refractivity contribution in [1.82, 2.24) is 0 Å². The first-order valence-electron chi connectivity index (χ1n) is 6.99. The Balaban J connectivity index is 2.12. The van der Waals surface area contributed by atoms with Crippen molar-refractivity contribution in [2.75, 3.05) is 11.4 Å². The molecule has 0 saturated carbocycles. The third-order valence-electron chi connectivity index (χ3n) is 3.84. The van der Waals surface area contributed by atoms with Gasteiger partial charge in [-0.15, -0.1) is 11.6 Å². The number of hydrogen-bond acceptors (Lipinski definition) is 1. The van der Waals surface area contributed by atoms with Gasteiger partial charge in [0.1, 0.15) is 0 Å². The Hall–Kier alpha value is -1.18. The standard InChI is InChI=1S/C17H17Cl2N/c18-12-14-8-9-15(19)11-17(14)20-10-4-3-6-13-5-1-2-7-16(13)20/h1-2,5,7-9,11H,3-4,6,10,12H2. The van der Waals surface area contributed by atoms with Crippen molar-refractivity contribution in [3.8, 4) is 0 Å². The first-order valence-corrected chi connectivity index (χ1v) is 7.90. The van der Waals surface area contributed by atoms with Gasteiger partial charge in [-0.2, -0.15) is 0 Å². The van der Waals surface area contributed by atoms with Crippen molar-refractivity contribution < 1.29 is 0 Å². The second-order valence-corrected chi connectivity index (χ2v) is 5.85. The first-order chi connectivity index (χ1) is 9.79. The second kappa shape index (κ2) is 6.07. The van der Waals surface area contributed by atoms with Gasteiger partial charge >= 0.3 is 0 Å². The summed E-state index contributed by atoms with van der Waals surface area (Å²) in [6.45, 7) is 1.02. The number of para-hydroxylation sites is 1. The van der Waals surface area contributed by atoms with Crippen LogP contribution in [0.1, 0.15) is 24.0 Å². The van der Waals surface area contributed by atoms with E-state index in [0.29, 0.717) is 5.88 Å². The monoisotopic (exact) mass is 305 g/mol. The van der Waals surface area contributed by atoms with Gasteiger partial charge in [0.25, 0.3) is 0 Å². The van der Waals surface area contributed by atoms with E-state index in [4.69, 9.17) is 23.2 Å². The summed E-state index contributed by atoms with van der Waals surface area (Å²) in [5.41, 5.74) is 4.97. The number of anilines is 2. The van der Waals surface area contributed by atoms with Crippen molar-refractivity contribution in [2.45, 2.75) is 25.1 Å². The Labute approximate surface area is 130 Å². The summed E-state index contributed by atoms with van der Waals surface area (Å²) in [5.74, 6) is 0.505. The Kier molecular flexibility index (Phi) is 4.18. The van der Waals surface area contributed by atoms with Crippen molar-refractivity contribution in [3.05, 3.63) is 58.6 Å². The van der Waals surface area contributed by atoms with Gasteiger partial charge < -0.3 is 4.90 Å². The van der Waals surface area contributed by atoms with Crippen LogP contribution in [0.5, 0.6) is 0 Å². The van der Waals surface area contributed by atoms with Gasteiger partial charge in [0, 0.05) is 28.8 Å². The maximum atomic E-state index is 6.19. The minimum Gasteiger partial charge on any atom is -0.341 e. The molecule has 3 heteroatoms. The molecule has 104 valence electrons. The molecule has 1 aliphatic rings. The predicted octanol–water partition coefficient (Wildman–Crippen LogP) is 5.55. The lowest BCUT2D eigenvalue weighted by molar-refractivity contribution is 0.760. The Bertz CT molecular complexity index is 610. The van der Waals surface area contributed by atoms with Gasteiger partial charge in [-0.1, -0.05) is 35.9 Å².